The highest BCUT2D eigenvalue weighted by Crippen LogP contribution is 2.21. The molecule has 4 nitrogen and oxygen atoms in total. The Labute approximate surface area is 71.7 Å². The van der Waals surface area contributed by atoms with Crippen LogP contribution in [0.25, 0.3) is 0 Å². The molecule has 4 heteroatoms. The number of imide groups is 1. The molecule has 0 aromatic carbocycles. The molecule has 1 aliphatic heterocycles. The predicted octanol–water partition coefficient (Wildman–Crippen LogP) is -0.271. The quantitative estimate of drug-likeness (QED) is 0.580. The van der Waals surface area contributed by atoms with Crippen LogP contribution in [-0.4, -0.2) is 29.3 Å². The van der Waals surface area contributed by atoms with Crippen molar-refractivity contribution in [2.24, 2.45) is 11.7 Å². The molecule has 0 aromatic heterocycles. The Hall–Kier alpha value is -0.900. The lowest BCUT2D eigenvalue weighted by Gasteiger charge is -2.13. The van der Waals surface area contributed by atoms with Gasteiger partial charge >= 0.3 is 0 Å². The van der Waals surface area contributed by atoms with Gasteiger partial charge in [-0.15, -0.1) is 0 Å². The van der Waals surface area contributed by atoms with E-state index in [2.05, 4.69) is 0 Å². The normalized spacial score (nSPS) is 26.6. The Morgan fingerprint density at radius 3 is 2.50 bits per heavy atom. The molecule has 0 radical (unpaired) electrons. The second-order valence-corrected chi connectivity index (χ2v) is 3.15. The second kappa shape index (κ2) is 3.23. The molecule has 2 N–H and O–H groups in total. The van der Waals surface area contributed by atoms with Crippen LogP contribution in [-0.2, 0) is 9.59 Å². The number of nitrogens with two attached hydrogens (primary N) is 1. The molecule has 1 rings (SSSR count). The molecule has 2 amide bonds. The zero-order chi connectivity index (χ0) is 9.30. The van der Waals surface area contributed by atoms with Crippen molar-refractivity contribution in [3.05, 3.63) is 0 Å². The van der Waals surface area contributed by atoms with Crippen molar-refractivity contribution in [2.75, 3.05) is 6.54 Å². The highest BCUT2D eigenvalue weighted by Gasteiger charge is 2.39. The summed E-state index contributed by atoms with van der Waals surface area (Å²) in [7, 11) is 0. The van der Waals surface area contributed by atoms with Gasteiger partial charge in [-0.25, -0.2) is 0 Å². The van der Waals surface area contributed by atoms with Crippen molar-refractivity contribution in [1.82, 2.24) is 4.90 Å². The van der Waals surface area contributed by atoms with Gasteiger partial charge in [-0.2, -0.15) is 0 Å². The largest absolute Gasteiger partial charge is 0.327 e. The van der Waals surface area contributed by atoms with Crippen LogP contribution in [0.1, 0.15) is 20.3 Å². The summed E-state index contributed by atoms with van der Waals surface area (Å²) in [6, 6.07) is -0.224. The summed E-state index contributed by atoms with van der Waals surface area (Å²) in [5, 5.41) is 0. The average Bonchev–Trinajstić information content (AvgIpc) is 2.27. The van der Waals surface area contributed by atoms with Gasteiger partial charge in [0.1, 0.15) is 0 Å². The lowest BCUT2D eigenvalue weighted by Crippen LogP contribution is -2.35. The molecule has 68 valence electrons. The third-order valence-corrected chi connectivity index (χ3v) is 2.23. The molecular weight excluding hydrogens is 156 g/mol. The third-order valence-electron chi connectivity index (χ3n) is 2.23. The van der Waals surface area contributed by atoms with Gasteiger partial charge in [0.05, 0.1) is 5.92 Å². The maximum absolute atomic E-state index is 11.4. The second-order valence-electron chi connectivity index (χ2n) is 3.15. The van der Waals surface area contributed by atoms with Gasteiger partial charge in [0, 0.05) is 19.0 Å². The topological polar surface area (TPSA) is 63.4 Å². The molecule has 2 unspecified atom stereocenters. The van der Waals surface area contributed by atoms with Gasteiger partial charge in [0.25, 0.3) is 0 Å². The minimum absolute atomic E-state index is 0.0928. The summed E-state index contributed by atoms with van der Waals surface area (Å²) in [5.41, 5.74) is 5.57. The first kappa shape index (κ1) is 9.19. The van der Waals surface area contributed by atoms with Crippen LogP contribution in [0.15, 0.2) is 0 Å². The molecule has 0 spiro atoms. The summed E-state index contributed by atoms with van der Waals surface area (Å²) in [6.07, 6.45) is 0.282. The fourth-order valence-corrected chi connectivity index (χ4v) is 1.45. The van der Waals surface area contributed by atoms with Crippen molar-refractivity contribution < 1.29 is 9.59 Å². The summed E-state index contributed by atoms with van der Waals surface area (Å²) < 4.78 is 0. The molecule has 1 saturated heterocycles. The average molecular weight is 170 g/mol. The van der Waals surface area contributed by atoms with E-state index < -0.39 is 0 Å². The van der Waals surface area contributed by atoms with Gasteiger partial charge in [-0.05, 0) is 13.8 Å². The van der Waals surface area contributed by atoms with Crippen LogP contribution < -0.4 is 5.73 Å². The smallest absolute Gasteiger partial charge is 0.234 e. The maximum Gasteiger partial charge on any atom is 0.234 e. The van der Waals surface area contributed by atoms with E-state index in [4.69, 9.17) is 5.73 Å². The number of rotatable bonds is 2. The van der Waals surface area contributed by atoms with Crippen LogP contribution in [0, 0.1) is 5.92 Å². The number of nitrogens with zero attached hydrogens (tertiary/aromatic N) is 1. The van der Waals surface area contributed by atoms with E-state index in [1.807, 2.05) is 0 Å². The number of amides is 2. The third kappa shape index (κ3) is 1.34. The van der Waals surface area contributed by atoms with Gasteiger partial charge in [0.2, 0.25) is 11.8 Å². The molecule has 1 aliphatic rings. The lowest BCUT2D eigenvalue weighted by atomic mass is 10.0. The summed E-state index contributed by atoms with van der Waals surface area (Å²) in [5.74, 6) is -0.500. The molecular formula is C8H14N2O2. The van der Waals surface area contributed by atoms with Gasteiger partial charge < -0.3 is 5.73 Å². The Morgan fingerprint density at radius 1 is 1.67 bits per heavy atom. The van der Waals surface area contributed by atoms with E-state index in [9.17, 15) is 9.59 Å². The van der Waals surface area contributed by atoms with Gasteiger partial charge in [0.15, 0.2) is 0 Å². The van der Waals surface area contributed by atoms with Crippen molar-refractivity contribution in [2.45, 2.75) is 26.3 Å². The molecule has 0 bridgehead atoms. The summed E-state index contributed by atoms with van der Waals surface area (Å²) in [6.45, 7) is 4.01. The molecule has 1 heterocycles. The van der Waals surface area contributed by atoms with E-state index in [1.165, 1.54) is 4.90 Å². The van der Waals surface area contributed by atoms with Crippen molar-refractivity contribution >= 4 is 11.8 Å². The Bertz CT molecular complexity index is 213. The zero-order valence-corrected chi connectivity index (χ0v) is 7.41. The first-order valence-electron chi connectivity index (χ1n) is 4.17. The SMILES string of the molecule is CCN1C(=O)CC(C(C)N)C1=O. The molecule has 2 atom stereocenters. The lowest BCUT2D eigenvalue weighted by molar-refractivity contribution is -0.139. The van der Waals surface area contributed by atoms with E-state index >= 15 is 0 Å². The molecule has 0 saturated carbocycles. The number of hydrogen-bond acceptors (Lipinski definition) is 3. The highest BCUT2D eigenvalue weighted by atomic mass is 16.2. The summed E-state index contributed by atoms with van der Waals surface area (Å²) in [4.78, 5) is 23.9. The number of likely N-dealkylation sites (tertiary alicyclic amines) is 1. The van der Waals surface area contributed by atoms with E-state index in [1.54, 1.807) is 13.8 Å². The van der Waals surface area contributed by atoms with Crippen molar-refractivity contribution in [3.63, 3.8) is 0 Å². The first-order chi connectivity index (χ1) is 5.57. The van der Waals surface area contributed by atoms with Crippen LogP contribution in [0.2, 0.25) is 0 Å². The van der Waals surface area contributed by atoms with Gasteiger partial charge in [-0.3, -0.25) is 14.5 Å². The zero-order valence-electron chi connectivity index (χ0n) is 7.41. The molecule has 12 heavy (non-hydrogen) atoms. The minimum atomic E-state index is -0.294. The number of carbonyl (C=O) groups is 2. The van der Waals surface area contributed by atoms with Crippen LogP contribution in [0.4, 0.5) is 0 Å². The van der Waals surface area contributed by atoms with Crippen LogP contribution in [0.5, 0.6) is 0 Å². The number of hydrogen-bond donors (Lipinski definition) is 1. The van der Waals surface area contributed by atoms with Gasteiger partial charge in [-0.1, -0.05) is 0 Å². The number of carbonyl (C=O) groups excluding carboxylic acids is 2. The van der Waals surface area contributed by atoms with E-state index in [0.717, 1.165) is 0 Å². The Morgan fingerprint density at radius 2 is 2.25 bits per heavy atom. The fraction of sp³-hybridized carbons (Fsp3) is 0.750. The molecule has 0 aromatic rings. The van der Waals surface area contributed by atoms with E-state index in [0.29, 0.717) is 6.54 Å². The first-order valence-corrected chi connectivity index (χ1v) is 4.17. The van der Waals surface area contributed by atoms with Crippen LogP contribution >= 0.6 is 0 Å². The summed E-state index contributed by atoms with van der Waals surface area (Å²) >= 11 is 0. The monoisotopic (exact) mass is 170 g/mol. The minimum Gasteiger partial charge on any atom is -0.327 e. The van der Waals surface area contributed by atoms with Crippen molar-refractivity contribution in [1.29, 1.82) is 0 Å². The maximum atomic E-state index is 11.4. The molecule has 0 aliphatic carbocycles. The predicted molar refractivity (Wildman–Crippen MR) is 44.2 cm³/mol. The Balaban J connectivity index is 2.75. The highest BCUT2D eigenvalue weighted by molar-refractivity contribution is 6.03. The van der Waals surface area contributed by atoms with Crippen molar-refractivity contribution in [3.8, 4) is 0 Å². The standard InChI is InChI=1S/C8H14N2O2/c1-3-10-7(11)4-6(5(2)9)8(10)12/h5-6H,3-4,9H2,1-2H3. The van der Waals surface area contributed by atoms with E-state index in [-0.39, 0.29) is 30.2 Å². The Kier molecular flexibility index (Phi) is 2.47. The van der Waals surface area contributed by atoms with Crippen LogP contribution in [0.3, 0.4) is 0 Å². The molecule has 1 fully saturated rings. The fourth-order valence-electron chi connectivity index (χ4n) is 1.45.